The number of fused-ring (bicyclic) bond motifs is 6. The first-order chi connectivity index (χ1) is 23.4. The van der Waals surface area contributed by atoms with E-state index >= 15 is 0 Å². The molecule has 1 aliphatic carbocycles. The van der Waals surface area contributed by atoms with Crippen molar-refractivity contribution in [3.05, 3.63) is 181 Å². The van der Waals surface area contributed by atoms with Gasteiger partial charge in [-0.25, -0.2) is 0 Å². The maximum absolute atomic E-state index is 14.9. The fourth-order valence-corrected chi connectivity index (χ4v) is 10.5. The number of aromatic nitrogens is 1. The van der Waals surface area contributed by atoms with E-state index in [2.05, 4.69) is 128 Å². The van der Waals surface area contributed by atoms with E-state index in [0.717, 1.165) is 27.0 Å². The Bertz CT molecular complexity index is 2450. The third-order valence-corrected chi connectivity index (χ3v) is 13.4. The second kappa shape index (κ2) is 10.8. The molecule has 0 saturated carbocycles. The van der Waals surface area contributed by atoms with Gasteiger partial charge in [-0.2, -0.15) is 0 Å². The Hall–Kier alpha value is -5.43. The lowest BCUT2D eigenvalue weighted by atomic mass is 9.82. The van der Waals surface area contributed by atoms with Gasteiger partial charge in [-0.15, -0.1) is 0 Å². The van der Waals surface area contributed by atoms with Crippen LogP contribution in [-0.2, 0) is 9.98 Å². The Morgan fingerprint density at radius 3 is 1.58 bits per heavy atom. The van der Waals surface area contributed by atoms with Gasteiger partial charge in [-0.1, -0.05) is 153 Å². The number of hydrogen-bond donors (Lipinski definition) is 0. The lowest BCUT2D eigenvalue weighted by molar-refractivity contribution is 0.592. The average molecular weight is 636 g/mol. The number of nitrogens with zero attached hydrogens (tertiary/aromatic N) is 1. The van der Waals surface area contributed by atoms with Crippen LogP contribution in [0.5, 0.6) is 0 Å². The molecule has 0 radical (unpaired) electrons. The molecule has 0 amide bonds. The lowest BCUT2D eigenvalue weighted by Crippen LogP contribution is -2.24. The minimum absolute atomic E-state index is 0.139. The molecular formula is C45H34NOP. The van der Waals surface area contributed by atoms with Crippen molar-refractivity contribution in [3.8, 4) is 27.9 Å². The molecule has 0 aliphatic heterocycles. The fraction of sp³-hybridized carbons (Fsp3) is 0.0667. The Morgan fingerprint density at radius 2 is 0.979 bits per heavy atom. The predicted octanol–water partition coefficient (Wildman–Crippen LogP) is 10.4. The number of rotatable bonds is 5. The van der Waals surface area contributed by atoms with Crippen LogP contribution in [0.2, 0.25) is 0 Å². The molecule has 0 saturated heterocycles. The van der Waals surface area contributed by atoms with Crippen LogP contribution in [0.4, 0.5) is 0 Å². The van der Waals surface area contributed by atoms with Gasteiger partial charge < -0.3 is 9.13 Å². The van der Waals surface area contributed by atoms with Crippen molar-refractivity contribution in [2.24, 2.45) is 0 Å². The minimum Gasteiger partial charge on any atom is -0.309 e. The highest BCUT2D eigenvalue weighted by molar-refractivity contribution is 7.85. The summed E-state index contributed by atoms with van der Waals surface area (Å²) in [6, 6.07) is 59.3. The van der Waals surface area contributed by atoms with Crippen LogP contribution in [0.3, 0.4) is 0 Å². The van der Waals surface area contributed by atoms with E-state index in [4.69, 9.17) is 0 Å². The van der Waals surface area contributed by atoms with Crippen molar-refractivity contribution in [2.45, 2.75) is 19.3 Å². The maximum Gasteiger partial charge on any atom is 0.171 e. The van der Waals surface area contributed by atoms with E-state index in [1.54, 1.807) is 0 Å². The Kier molecular flexibility index (Phi) is 6.48. The first-order valence-corrected chi connectivity index (χ1v) is 18.3. The summed E-state index contributed by atoms with van der Waals surface area (Å²) in [5.74, 6) is 0. The molecule has 7 aromatic carbocycles. The van der Waals surface area contributed by atoms with Crippen LogP contribution in [0.15, 0.2) is 170 Å². The van der Waals surface area contributed by atoms with Crippen molar-refractivity contribution in [2.75, 3.05) is 0 Å². The minimum atomic E-state index is -3.02. The number of para-hydroxylation sites is 2. The summed E-state index contributed by atoms with van der Waals surface area (Å²) in [5, 5.41) is 5.08. The molecule has 0 spiro atoms. The summed E-state index contributed by atoms with van der Waals surface area (Å²) in [6.07, 6.45) is 0. The first-order valence-electron chi connectivity index (χ1n) is 16.5. The molecule has 0 bridgehead atoms. The van der Waals surface area contributed by atoms with Gasteiger partial charge in [-0.05, 0) is 63.7 Å². The normalized spacial score (nSPS) is 13.5. The third-order valence-electron chi connectivity index (χ3n) is 10.3. The average Bonchev–Trinajstić information content (AvgIpc) is 3.60. The molecule has 8 aromatic rings. The molecule has 2 nitrogen and oxygen atoms in total. The Labute approximate surface area is 281 Å². The third kappa shape index (κ3) is 4.23. The molecule has 0 N–H and O–H groups in total. The van der Waals surface area contributed by atoms with Gasteiger partial charge in [-0.3, -0.25) is 0 Å². The Morgan fingerprint density at radius 1 is 0.458 bits per heavy atom. The molecule has 0 unspecified atom stereocenters. The van der Waals surface area contributed by atoms with Crippen molar-refractivity contribution >= 4 is 44.9 Å². The molecule has 0 atom stereocenters. The summed E-state index contributed by atoms with van der Waals surface area (Å²) in [7, 11) is -3.02. The summed E-state index contributed by atoms with van der Waals surface area (Å²) >= 11 is 0. The largest absolute Gasteiger partial charge is 0.309 e. The molecule has 48 heavy (non-hydrogen) atoms. The van der Waals surface area contributed by atoms with Gasteiger partial charge in [0.2, 0.25) is 0 Å². The van der Waals surface area contributed by atoms with Crippen LogP contribution in [0, 0.1) is 0 Å². The second-order valence-corrected chi connectivity index (χ2v) is 16.1. The second-order valence-electron chi connectivity index (χ2n) is 13.3. The Balaban J connectivity index is 1.12. The summed E-state index contributed by atoms with van der Waals surface area (Å²) < 4.78 is 17.3. The number of hydrogen-bond acceptors (Lipinski definition) is 1. The van der Waals surface area contributed by atoms with Crippen LogP contribution in [0.1, 0.15) is 25.0 Å². The summed E-state index contributed by atoms with van der Waals surface area (Å²) in [4.78, 5) is 0. The fourth-order valence-electron chi connectivity index (χ4n) is 7.85. The maximum atomic E-state index is 14.9. The van der Waals surface area contributed by atoms with Crippen molar-refractivity contribution < 1.29 is 4.57 Å². The van der Waals surface area contributed by atoms with Crippen LogP contribution in [0.25, 0.3) is 49.7 Å². The molecule has 9 rings (SSSR count). The molecule has 3 heteroatoms. The summed E-state index contributed by atoms with van der Waals surface area (Å²) in [5.41, 5.74) is 11.0. The van der Waals surface area contributed by atoms with E-state index in [0.29, 0.717) is 0 Å². The zero-order valence-electron chi connectivity index (χ0n) is 27.0. The van der Waals surface area contributed by atoms with Gasteiger partial charge in [0.25, 0.3) is 0 Å². The van der Waals surface area contributed by atoms with E-state index < -0.39 is 7.14 Å². The topological polar surface area (TPSA) is 22.0 Å². The number of benzene rings is 7. The van der Waals surface area contributed by atoms with Crippen LogP contribution < -0.4 is 15.9 Å². The quantitative estimate of drug-likeness (QED) is 0.173. The first kappa shape index (κ1) is 28.8. The van der Waals surface area contributed by atoms with Gasteiger partial charge >= 0.3 is 0 Å². The van der Waals surface area contributed by atoms with Gasteiger partial charge in [0.1, 0.15) is 0 Å². The van der Waals surface area contributed by atoms with Crippen molar-refractivity contribution in [1.82, 2.24) is 4.57 Å². The SMILES string of the molecule is CC1(C)c2ccc(-c3ccc(P(=O)(c4ccccc4)c4ccccc4)cc3)cc2-c2ccc(-n3c4ccccc4c4ccccc43)cc21. The highest BCUT2D eigenvalue weighted by Gasteiger charge is 2.36. The van der Waals surface area contributed by atoms with Crippen LogP contribution in [-0.4, -0.2) is 4.57 Å². The van der Waals surface area contributed by atoms with E-state index in [9.17, 15) is 4.57 Å². The zero-order valence-corrected chi connectivity index (χ0v) is 27.9. The van der Waals surface area contributed by atoms with E-state index in [-0.39, 0.29) is 5.41 Å². The van der Waals surface area contributed by atoms with Gasteiger partial charge in [0, 0.05) is 37.8 Å². The molecular weight excluding hydrogens is 601 g/mol. The summed E-state index contributed by atoms with van der Waals surface area (Å²) in [6.45, 7) is 4.68. The lowest BCUT2D eigenvalue weighted by Gasteiger charge is -2.22. The smallest absolute Gasteiger partial charge is 0.171 e. The van der Waals surface area contributed by atoms with Crippen molar-refractivity contribution in [1.29, 1.82) is 0 Å². The molecule has 1 heterocycles. The highest BCUT2D eigenvalue weighted by atomic mass is 31.2. The molecule has 1 aliphatic rings. The van der Waals surface area contributed by atoms with Crippen LogP contribution >= 0.6 is 7.14 Å². The molecule has 230 valence electrons. The predicted molar refractivity (Wildman–Crippen MR) is 203 cm³/mol. The highest BCUT2D eigenvalue weighted by Crippen LogP contribution is 2.51. The van der Waals surface area contributed by atoms with E-state index in [1.807, 2.05) is 60.7 Å². The monoisotopic (exact) mass is 635 g/mol. The zero-order chi connectivity index (χ0) is 32.5. The van der Waals surface area contributed by atoms with Crippen molar-refractivity contribution in [3.63, 3.8) is 0 Å². The standard InChI is InChI=1S/C45H34NOP/c1-45(2)41-28-23-32(31-21-25-36(26-22-31)48(47,34-13-5-3-6-14-34)35-15-7-4-8-16-35)29-40(41)37-27-24-33(30-42(37)45)46-43-19-11-9-17-38(43)39-18-10-12-20-44(39)46/h3-30H,1-2H3. The van der Waals surface area contributed by atoms with Gasteiger partial charge in [0.05, 0.1) is 11.0 Å². The molecule has 0 fully saturated rings. The van der Waals surface area contributed by atoms with E-state index in [1.165, 1.54) is 49.7 Å². The van der Waals surface area contributed by atoms with Gasteiger partial charge in [0.15, 0.2) is 7.14 Å². The molecule has 1 aromatic heterocycles.